The quantitative estimate of drug-likeness (QED) is 0.255. The summed E-state index contributed by atoms with van der Waals surface area (Å²) in [5, 5.41) is 21.0. The maximum atomic E-state index is 14.1. The third-order valence-electron chi connectivity index (χ3n) is 8.06. The predicted octanol–water partition coefficient (Wildman–Crippen LogP) is 5.78. The number of hydrogen-bond acceptors (Lipinski definition) is 7. The number of carboxylic acids is 1. The zero-order valence-electron chi connectivity index (χ0n) is 20.8. The van der Waals surface area contributed by atoms with E-state index in [9.17, 15) is 14.3 Å². The average Bonchev–Trinajstić information content (AvgIpc) is 3.62. The molecule has 2 atom stereocenters. The van der Waals surface area contributed by atoms with E-state index >= 15 is 0 Å². The van der Waals surface area contributed by atoms with Crippen molar-refractivity contribution in [3.05, 3.63) is 66.6 Å². The number of halogens is 1. The first-order valence-electron chi connectivity index (χ1n) is 13.1. The maximum absolute atomic E-state index is 14.1. The lowest BCUT2D eigenvalue weighted by Crippen LogP contribution is -2.51. The molecule has 0 amide bonds. The van der Waals surface area contributed by atoms with Gasteiger partial charge in [0.2, 0.25) is 0 Å². The van der Waals surface area contributed by atoms with E-state index in [1.54, 1.807) is 6.07 Å². The van der Waals surface area contributed by atoms with Gasteiger partial charge in [-0.2, -0.15) is 5.10 Å². The Morgan fingerprint density at radius 2 is 1.77 bits per heavy atom. The van der Waals surface area contributed by atoms with E-state index in [4.69, 9.17) is 14.4 Å². The fourth-order valence-corrected chi connectivity index (χ4v) is 6.22. The number of fused-ring (bicyclic) bond motifs is 4. The second-order valence-corrected chi connectivity index (χ2v) is 10.3. The van der Waals surface area contributed by atoms with Gasteiger partial charge in [0, 0.05) is 17.7 Å². The van der Waals surface area contributed by atoms with E-state index in [0.717, 1.165) is 37.4 Å². The first-order valence-corrected chi connectivity index (χ1v) is 13.1. The molecule has 4 aromatic heterocycles. The number of pyridine rings is 1. The number of anilines is 1. The molecule has 3 aliphatic rings. The van der Waals surface area contributed by atoms with Crippen LogP contribution in [0.4, 0.5) is 10.2 Å². The molecule has 2 unspecified atom stereocenters. The highest BCUT2D eigenvalue weighted by atomic mass is 19.1. The standard InChI is InChI=1S/C29H25FN6O3/c30-18-12-19-26(35-36-27(19)31-14-18)28-32-20(22-11-10-21(39-22)15-4-2-1-3-5-15)13-23(34-28)33-25-17-8-6-16(7-9-17)24(25)29(37)38/h1-5,10-14,16-17,24-25H,6-9H2,(H,37,38)(H,31,35,36)(H,32,33,34). The SMILES string of the molecule is O=C(O)C1C2CCC(CC2)C1Nc1cc(-c2ccc(-c3ccccc3)o2)nc(-c2[nH]nc3ncc(F)cc23)n1. The van der Waals surface area contributed by atoms with Crippen molar-refractivity contribution < 1.29 is 18.7 Å². The molecule has 0 saturated heterocycles. The van der Waals surface area contributed by atoms with Gasteiger partial charge in [0.15, 0.2) is 17.2 Å². The number of aromatic nitrogens is 5. The summed E-state index contributed by atoms with van der Waals surface area (Å²) < 4.78 is 20.3. The highest BCUT2D eigenvalue weighted by Crippen LogP contribution is 2.46. The third-order valence-corrected chi connectivity index (χ3v) is 8.06. The van der Waals surface area contributed by atoms with E-state index in [1.165, 1.54) is 6.07 Å². The van der Waals surface area contributed by atoms with Crippen LogP contribution in [0.3, 0.4) is 0 Å². The Balaban J connectivity index is 1.33. The molecule has 9 nitrogen and oxygen atoms in total. The molecule has 3 aliphatic carbocycles. The van der Waals surface area contributed by atoms with Gasteiger partial charge >= 0.3 is 5.97 Å². The van der Waals surface area contributed by atoms with Crippen molar-refractivity contribution in [2.24, 2.45) is 17.8 Å². The molecule has 3 saturated carbocycles. The Hall–Kier alpha value is -4.60. The minimum Gasteiger partial charge on any atom is -0.481 e. The van der Waals surface area contributed by atoms with Crippen molar-refractivity contribution in [1.29, 1.82) is 0 Å². The molecule has 5 aromatic rings. The van der Waals surface area contributed by atoms with Gasteiger partial charge in [-0.3, -0.25) is 9.89 Å². The number of nitrogens with one attached hydrogen (secondary N) is 2. The molecule has 196 valence electrons. The second kappa shape index (κ2) is 9.30. The maximum Gasteiger partial charge on any atom is 0.308 e. The lowest BCUT2D eigenvalue weighted by molar-refractivity contribution is -0.148. The van der Waals surface area contributed by atoms with E-state index in [2.05, 4.69) is 20.5 Å². The van der Waals surface area contributed by atoms with Crippen molar-refractivity contribution in [3.8, 4) is 34.3 Å². The van der Waals surface area contributed by atoms with Crippen molar-refractivity contribution in [2.75, 3.05) is 5.32 Å². The van der Waals surface area contributed by atoms with Crippen LogP contribution >= 0.6 is 0 Å². The third kappa shape index (κ3) is 4.21. The van der Waals surface area contributed by atoms with Gasteiger partial charge in [0.25, 0.3) is 0 Å². The molecule has 4 heterocycles. The highest BCUT2D eigenvalue weighted by molar-refractivity contribution is 5.89. The number of rotatable bonds is 6. The molecule has 0 aliphatic heterocycles. The Morgan fingerprint density at radius 3 is 2.56 bits per heavy atom. The molecule has 3 N–H and O–H groups in total. The molecular weight excluding hydrogens is 499 g/mol. The molecule has 1 aromatic carbocycles. The van der Waals surface area contributed by atoms with Gasteiger partial charge in [-0.15, -0.1) is 0 Å². The summed E-state index contributed by atoms with van der Waals surface area (Å²) in [6.07, 6.45) is 4.97. The van der Waals surface area contributed by atoms with E-state index in [1.807, 2.05) is 42.5 Å². The fourth-order valence-electron chi connectivity index (χ4n) is 6.22. The van der Waals surface area contributed by atoms with Crippen molar-refractivity contribution in [2.45, 2.75) is 31.7 Å². The number of H-pyrrole nitrogens is 1. The van der Waals surface area contributed by atoms with Crippen LogP contribution in [-0.4, -0.2) is 42.3 Å². The van der Waals surface area contributed by atoms with Crippen molar-refractivity contribution >= 4 is 22.8 Å². The number of carbonyl (C=O) groups is 1. The van der Waals surface area contributed by atoms with Crippen LogP contribution in [0.25, 0.3) is 45.3 Å². The lowest BCUT2D eigenvalue weighted by Gasteiger charge is -2.47. The summed E-state index contributed by atoms with van der Waals surface area (Å²) in [4.78, 5) is 25.8. The van der Waals surface area contributed by atoms with Gasteiger partial charge in [-0.05, 0) is 55.7 Å². The lowest BCUT2D eigenvalue weighted by atomic mass is 9.61. The molecule has 3 fully saturated rings. The summed E-state index contributed by atoms with van der Waals surface area (Å²) in [5.74, 6) is 0.588. The van der Waals surface area contributed by atoms with Crippen LogP contribution in [0.15, 0.2) is 65.2 Å². The molecular formula is C29H25FN6O3. The minimum atomic E-state index is -0.781. The normalized spacial score (nSPS) is 22.3. The van der Waals surface area contributed by atoms with Gasteiger partial charge in [0.1, 0.15) is 28.8 Å². The summed E-state index contributed by atoms with van der Waals surface area (Å²) in [6.45, 7) is 0. The first-order chi connectivity index (χ1) is 19.0. The van der Waals surface area contributed by atoms with Gasteiger partial charge < -0.3 is 14.8 Å². The molecule has 8 rings (SSSR count). The summed E-state index contributed by atoms with van der Waals surface area (Å²) in [5.41, 5.74) is 2.19. The van der Waals surface area contributed by atoms with Crippen LogP contribution in [0.5, 0.6) is 0 Å². The van der Waals surface area contributed by atoms with E-state index in [-0.39, 0.29) is 23.7 Å². The molecule has 2 bridgehead atoms. The highest BCUT2D eigenvalue weighted by Gasteiger charge is 2.47. The predicted molar refractivity (Wildman–Crippen MR) is 142 cm³/mol. The zero-order chi connectivity index (χ0) is 26.5. The summed E-state index contributed by atoms with van der Waals surface area (Å²) in [6, 6.07) is 16.3. The smallest absolute Gasteiger partial charge is 0.308 e. The number of nitrogens with zero attached hydrogens (tertiary/aromatic N) is 4. The van der Waals surface area contributed by atoms with Crippen molar-refractivity contribution in [1.82, 2.24) is 25.1 Å². The number of aromatic amines is 1. The number of aliphatic carboxylic acids is 1. The number of benzene rings is 1. The zero-order valence-corrected chi connectivity index (χ0v) is 20.8. The van der Waals surface area contributed by atoms with Crippen LogP contribution in [0.2, 0.25) is 0 Å². The Kier molecular flexibility index (Phi) is 5.61. The van der Waals surface area contributed by atoms with Gasteiger partial charge in [0.05, 0.1) is 17.5 Å². The monoisotopic (exact) mass is 524 g/mol. The second-order valence-electron chi connectivity index (χ2n) is 10.3. The molecule has 10 heteroatoms. The van der Waals surface area contributed by atoms with Crippen molar-refractivity contribution in [3.63, 3.8) is 0 Å². The Bertz CT molecular complexity index is 1680. The molecule has 0 radical (unpaired) electrons. The fraction of sp³-hybridized carbons (Fsp3) is 0.276. The molecule has 39 heavy (non-hydrogen) atoms. The summed E-state index contributed by atoms with van der Waals surface area (Å²) in [7, 11) is 0. The van der Waals surface area contributed by atoms with E-state index < -0.39 is 17.7 Å². The van der Waals surface area contributed by atoms with Crippen LogP contribution in [-0.2, 0) is 4.79 Å². The summed E-state index contributed by atoms with van der Waals surface area (Å²) >= 11 is 0. The van der Waals surface area contributed by atoms with Gasteiger partial charge in [-0.1, -0.05) is 30.3 Å². The topological polar surface area (TPSA) is 130 Å². The van der Waals surface area contributed by atoms with E-state index in [0.29, 0.717) is 39.8 Å². The number of hydrogen-bond donors (Lipinski definition) is 3. The largest absolute Gasteiger partial charge is 0.481 e. The van der Waals surface area contributed by atoms with Crippen LogP contribution < -0.4 is 5.32 Å². The average molecular weight is 525 g/mol. The Labute approximate surface area is 222 Å². The minimum absolute atomic E-state index is 0.148. The Morgan fingerprint density at radius 1 is 1.00 bits per heavy atom. The van der Waals surface area contributed by atoms with Gasteiger partial charge in [-0.25, -0.2) is 19.3 Å². The number of furan rings is 1. The first kappa shape index (κ1) is 23.5. The van der Waals surface area contributed by atoms with Crippen LogP contribution in [0, 0.1) is 23.6 Å². The molecule has 0 spiro atoms. The van der Waals surface area contributed by atoms with Crippen LogP contribution in [0.1, 0.15) is 25.7 Å². The number of carboxylic acid groups (broad SMARTS) is 1.